The Morgan fingerprint density at radius 3 is 2.69 bits per heavy atom. The molecule has 2 aliphatic rings. The Bertz CT molecular complexity index is 337. The number of likely N-dealkylation sites (N-methyl/N-ethyl adjacent to an activating group) is 1. The molecule has 16 heavy (non-hydrogen) atoms. The van der Waals surface area contributed by atoms with E-state index in [0.717, 1.165) is 18.6 Å². The zero-order chi connectivity index (χ0) is 11.0. The molecule has 86 valence electrons. The molecule has 1 aromatic heterocycles. The fraction of sp³-hybridized carbons (Fsp3) is 0.615. The zero-order valence-electron chi connectivity index (χ0n) is 9.84. The van der Waals surface area contributed by atoms with E-state index in [1.807, 2.05) is 18.5 Å². The summed E-state index contributed by atoms with van der Waals surface area (Å²) < 4.78 is 0. The highest BCUT2D eigenvalue weighted by atomic mass is 15.3. The van der Waals surface area contributed by atoms with Crippen LogP contribution in [0.15, 0.2) is 24.5 Å². The molecule has 2 unspecified atom stereocenters. The third-order valence-electron chi connectivity index (χ3n) is 4.05. The van der Waals surface area contributed by atoms with E-state index in [-0.39, 0.29) is 0 Å². The van der Waals surface area contributed by atoms with Crippen molar-refractivity contribution in [2.45, 2.75) is 31.5 Å². The number of piperazine rings is 1. The summed E-state index contributed by atoms with van der Waals surface area (Å²) >= 11 is 0. The quantitative estimate of drug-likeness (QED) is 0.745. The normalized spacial score (nSPS) is 30.8. The fourth-order valence-corrected chi connectivity index (χ4v) is 3.08. The average Bonchev–Trinajstić information content (AvgIpc) is 2.54. The van der Waals surface area contributed by atoms with Crippen molar-refractivity contribution in [3.63, 3.8) is 0 Å². The second-order valence-electron chi connectivity index (χ2n) is 5.11. The van der Waals surface area contributed by atoms with Gasteiger partial charge in [-0.15, -0.1) is 0 Å². The maximum atomic E-state index is 4.18. The predicted molar refractivity (Wildman–Crippen MR) is 64.1 cm³/mol. The summed E-state index contributed by atoms with van der Waals surface area (Å²) in [6.07, 6.45) is 6.59. The van der Waals surface area contributed by atoms with Gasteiger partial charge in [-0.05, 0) is 31.5 Å². The molecule has 0 N–H and O–H groups in total. The highest BCUT2D eigenvalue weighted by molar-refractivity contribution is 5.09. The number of likely N-dealkylation sites (tertiary alicyclic amines) is 1. The number of pyridine rings is 1. The predicted octanol–water partition coefficient (Wildman–Crippen LogP) is 1.36. The Labute approximate surface area is 97.1 Å². The van der Waals surface area contributed by atoms with Crippen molar-refractivity contribution in [3.8, 4) is 0 Å². The molecular formula is C13H19N3. The minimum Gasteiger partial charge on any atom is -0.298 e. The van der Waals surface area contributed by atoms with E-state index < -0.39 is 0 Å². The first-order chi connectivity index (χ1) is 7.83. The van der Waals surface area contributed by atoms with Crippen LogP contribution in [0, 0.1) is 0 Å². The minimum absolute atomic E-state index is 0.787. The molecule has 0 aromatic carbocycles. The second kappa shape index (κ2) is 4.15. The van der Waals surface area contributed by atoms with Gasteiger partial charge < -0.3 is 0 Å². The monoisotopic (exact) mass is 217 g/mol. The first kappa shape index (κ1) is 10.2. The molecule has 2 bridgehead atoms. The molecule has 0 radical (unpaired) electrons. The van der Waals surface area contributed by atoms with Crippen LogP contribution in [0.25, 0.3) is 0 Å². The van der Waals surface area contributed by atoms with E-state index in [0.29, 0.717) is 0 Å². The van der Waals surface area contributed by atoms with Crippen LogP contribution < -0.4 is 0 Å². The molecule has 0 amide bonds. The van der Waals surface area contributed by atoms with Crippen molar-refractivity contribution >= 4 is 0 Å². The van der Waals surface area contributed by atoms with E-state index in [1.165, 1.54) is 31.5 Å². The first-order valence-corrected chi connectivity index (χ1v) is 6.16. The molecule has 1 aromatic rings. The Balaban J connectivity index is 1.66. The standard InChI is InChI=1S/C13H19N3/c1-15-12-4-5-13(15)10-16(9-12)8-11-3-2-6-14-7-11/h2-3,6-7,12-13H,4-5,8-10H2,1H3. The van der Waals surface area contributed by atoms with Crippen molar-refractivity contribution in [1.29, 1.82) is 0 Å². The smallest absolute Gasteiger partial charge is 0.0312 e. The summed E-state index contributed by atoms with van der Waals surface area (Å²) in [4.78, 5) is 9.33. The maximum Gasteiger partial charge on any atom is 0.0312 e. The van der Waals surface area contributed by atoms with Crippen molar-refractivity contribution in [3.05, 3.63) is 30.1 Å². The van der Waals surface area contributed by atoms with Crippen LogP contribution in [-0.2, 0) is 6.54 Å². The summed E-state index contributed by atoms with van der Waals surface area (Å²) in [7, 11) is 2.28. The molecule has 2 aliphatic heterocycles. The van der Waals surface area contributed by atoms with Crippen molar-refractivity contribution < 1.29 is 0 Å². The molecule has 0 spiro atoms. The van der Waals surface area contributed by atoms with E-state index >= 15 is 0 Å². The Hall–Kier alpha value is -0.930. The van der Waals surface area contributed by atoms with Crippen LogP contribution >= 0.6 is 0 Å². The van der Waals surface area contributed by atoms with Gasteiger partial charge >= 0.3 is 0 Å². The summed E-state index contributed by atoms with van der Waals surface area (Å²) in [5, 5.41) is 0. The lowest BCUT2D eigenvalue weighted by Gasteiger charge is -2.38. The third kappa shape index (κ3) is 1.85. The van der Waals surface area contributed by atoms with Crippen molar-refractivity contribution in [2.75, 3.05) is 20.1 Å². The molecule has 2 fully saturated rings. The largest absolute Gasteiger partial charge is 0.298 e. The van der Waals surface area contributed by atoms with E-state index in [9.17, 15) is 0 Å². The van der Waals surface area contributed by atoms with Crippen LogP contribution in [0.2, 0.25) is 0 Å². The van der Waals surface area contributed by atoms with Crippen LogP contribution in [0.3, 0.4) is 0 Å². The molecular weight excluding hydrogens is 198 g/mol. The van der Waals surface area contributed by atoms with Crippen molar-refractivity contribution in [2.24, 2.45) is 0 Å². The molecule has 2 atom stereocenters. The first-order valence-electron chi connectivity index (χ1n) is 6.16. The van der Waals surface area contributed by atoms with Crippen LogP contribution in [-0.4, -0.2) is 47.0 Å². The highest BCUT2D eigenvalue weighted by Crippen LogP contribution is 2.28. The summed E-state index contributed by atoms with van der Waals surface area (Å²) in [5.74, 6) is 0. The lowest BCUT2D eigenvalue weighted by Crippen LogP contribution is -2.51. The number of aromatic nitrogens is 1. The van der Waals surface area contributed by atoms with E-state index in [4.69, 9.17) is 0 Å². The molecule has 0 aliphatic carbocycles. The van der Waals surface area contributed by atoms with Gasteiger partial charge in [0, 0.05) is 44.1 Å². The summed E-state index contributed by atoms with van der Waals surface area (Å²) in [6, 6.07) is 5.78. The SMILES string of the molecule is CN1C2CCC1CN(Cc1cccnc1)C2. The van der Waals surface area contributed by atoms with Gasteiger partial charge in [0.2, 0.25) is 0 Å². The Kier molecular flexibility index (Phi) is 2.65. The summed E-state index contributed by atoms with van der Waals surface area (Å²) in [6.45, 7) is 3.51. The average molecular weight is 217 g/mol. The van der Waals surface area contributed by atoms with Gasteiger partial charge in [-0.25, -0.2) is 0 Å². The number of rotatable bonds is 2. The Morgan fingerprint density at radius 1 is 1.31 bits per heavy atom. The molecule has 2 saturated heterocycles. The molecule has 3 heteroatoms. The van der Waals surface area contributed by atoms with E-state index in [2.05, 4.69) is 27.9 Å². The van der Waals surface area contributed by atoms with Crippen molar-refractivity contribution in [1.82, 2.24) is 14.8 Å². The summed E-state index contributed by atoms with van der Waals surface area (Å²) in [5.41, 5.74) is 1.34. The number of hydrogen-bond acceptors (Lipinski definition) is 3. The second-order valence-corrected chi connectivity index (χ2v) is 5.11. The van der Waals surface area contributed by atoms with Crippen LogP contribution in [0.4, 0.5) is 0 Å². The fourth-order valence-electron chi connectivity index (χ4n) is 3.08. The van der Waals surface area contributed by atoms with Gasteiger partial charge in [0.1, 0.15) is 0 Å². The highest BCUT2D eigenvalue weighted by Gasteiger charge is 2.37. The van der Waals surface area contributed by atoms with Crippen LogP contribution in [0.1, 0.15) is 18.4 Å². The maximum absolute atomic E-state index is 4.18. The minimum atomic E-state index is 0.787. The number of fused-ring (bicyclic) bond motifs is 2. The zero-order valence-corrected chi connectivity index (χ0v) is 9.84. The van der Waals surface area contributed by atoms with Gasteiger partial charge in [-0.1, -0.05) is 6.07 Å². The lowest BCUT2D eigenvalue weighted by atomic mass is 10.2. The van der Waals surface area contributed by atoms with Gasteiger partial charge in [-0.3, -0.25) is 14.8 Å². The van der Waals surface area contributed by atoms with Crippen LogP contribution in [0.5, 0.6) is 0 Å². The molecule has 3 rings (SSSR count). The molecule has 3 nitrogen and oxygen atoms in total. The third-order valence-corrected chi connectivity index (χ3v) is 4.05. The van der Waals surface area contributed by atoms with Gasteiger partial charge in [0.15, 0.2) is 0 Å². The number of nitrogens with zero attached hydrogens (tertiary/aromatic N) is 3. The van der Waals surface area contributed by atoms with E-state index in [1.54, 1.807) is 0 Å². The molecule has 3 heterocycles. The van der Waals surface area contributed by atoms with Gasteiger partial charge in [-0.2, -0.15) is 0 Å². The number of hydrogen-bond donors (Lipinski definition) is 0. The van der Waals surface area contributed by atoms with Gasteiger partial charge in [0.05, 0.1) is 0 Å². The van der Waals surface area contributed by atoms with Gasteiger partial charge in [0.25, 0.3) is 0 Å². The Morgan fingerprint density at radius 2 is 2.06 bits per heavy atom. The topological polar surface area (TPSA) is 19.4 Å². The lowest BCUT2D eigenvalue weighted by molar-refractivity contribution is 0.0837. The molecule has 0 saturated carbocycles.